The van der Waals surface area contributed by atoms with Gasteiger partial charge in [-0.1, -0.05) is 17.2 Å². The number of aromatic nitrogens is 2. The van der Waals surface area contributed by atoms with Crippen molar-refractivity contribution in [2.24, 2.45) is 10.9 Å². The number of rotatable bonds is 5. The maximum Gasteiger partial charge on any atom is 0.213 e. The zero-order chi connectivity index (χ0) is 10.4. The van der Waals surface area contributed by atoms with Crippen LogP contribution in [0.15, 0.2) is 16.1 Å². The Labute approximate surface area is 81.0 Å². The molecule has 0 aliphatic rings. The van der Waals surface area contributed by atoms with Crippen molar-refractivity contribution < 1.29 is 9.73 Å². The second kappa shape index (κ2) is 5.18. The number of nitrogens with two attached hydrogens (primary N) is 1. The van der Waals surface area contributed by atoms with E-state index >= 15 is 0 Å². The highest BCUT2D eigenvalue weighted by molar-refractivity contribution is 5.85. The van der Waals surface area contributed by atoms with Gasteiger partial charge in [0.25, 0.3) is 0 Å². The summed E-state index contributed by atoms with van der Waals surface area (Å²) < 4.78 is 4.56. The molecule has 7 heteroatoms. The topological polar surface area (TPSA) is 110 Å². The first kappa shape index (κ1) is 10.5. The SMILES string of the molecule is CCC(NCc1ncon1)C(N)=NO. The minimum absolute atomic E-state index is 0.149. The summed E-state index contributed by atoms with van der Waals surface area (Å²) in [5.41, 5.74) is 5.44. The van der Waals surface area contributed by atoms with Crippen LogP contribution < -0.4 is 11.1 Å². The zero-order valence-corrected chi connectivity index (χ0v) is 7.84. The monoisotopic (exact) mass is 199 g/mol. The molecule has 1 rings (SSSR count). The molecular weight excluding hydrogens is 186 g/mol. The molecule has 1 atom stereocenters. The van der Waals surface area contributed by atoms with Crippen LogP contribution in [-0.4, -0.2) is 27.2 Å². The number of hydrogen-bond acceptors (Lipinski definition) is 6. The van der Waals surface area contributed by atoms with Crippen LogP contribution in [0.4, 0.5) is 0 Å². The van der Waals surface area contributed by atoms with Crippen molar-refractivity contribution >= 4 is 5.84 Å². The summed E-state index contributed by atoms with van der Waals surface area (Å²) in [6, 6.07) is -0.182. The zero-order valence-electron chi connectivity index (χ0n) is 7.84. The van der Waals surface area contributed by atoms with Crippen LogP contribution >= 0.6 is 0 Å². The summed E-state index contributed by atoms with van der Waals surface area (Å²) in [4.78, 5) is 3.82. The van der Waals surface area contributed by atoms with Gasteiger partial charge in [-0.05, 0) is 6.42 Å². The van der Waals surface area contributed by atoms with Crippen LogP contribution in [0.25, 0.3) is 0 Å². The third-order valence-corrected chi connectivity index (χ3v) is 1.79. The fourth-order valence-electron chi connectivity index (χ4n) is 1.01. The molecule has 0 aromatic carbocycles. The first-order chi connectivity index (χ1) is 6.77. The second-order valence-corrected chi connectivity index (χ2v) is 2.71. The lowest BCUT2D eigenvalue weighted by Gasteiger charge is -2.13. The predicted octanol–water partition coefficient (Wildman–Crippen LogP) is -0.316. The molecule has 0 saturated heterocycles. The van der Waals surface area contributed by atoms with Crippen LogP contribution in [0, 0.1) is 0 Å². The summed E-state index contributed by atoms with van der Waals surface area (Å²) in [5.74, 6) is 0.685. The lowest BCUT2D eigenvalue weighted by Crippen LogP contribution is -2.40. The molecule has 78 valence electrons. The minimum Gasteiger partial charge on any atom is -0.409 e. The van der Waals surface area contributed by atoms with E-state index in [0.29, 0.717) is 18.8 Å². The van der Waals surface area contributed by atoms with Gasteiger partial charge in [0.05, 0.1) is 12.6 Å². The van der Waals surface area contributed by atoms with Gasteiger partial charge in [-0.2, -0.15) is 4.98 Å². The van der Waals surface area contributed by atoms with Crippen LogP contribution in [0.2, 0.25) is 0 Å². The van der Waals surface area contributed by atoms with Gasteiger partial charge in [0.15, 0.2) is 11.7 Å². The Kier molecular flexibility index (Phi) is 3.86. The van der Waals surface area contributed by atoms with Crippen LogP contribution in [0.1, 0.15) is 19.2 Å². The summed E-state index contributed by atoms with van der Waals surface area (Å²) >= 11 is 0. The first-order valence-corrected chi connectivity index (χ1v) is 4.24. The lowest BCUT2D eigenvalue weighted by molar-refractivity contribution is 0.314. The molecule has 1 aromatic heterocycles. The van der Waals surface area contributed by atoms with Gasteiger partial charge in [0.1, 0.15) is 0 Å². The number of nitrogens with zero attached hydrogens (tertiary/aromatic N) is 3. The molecule has 0 bridgehead atoms. The van der Waals surface area contributed by atoms with Gasteiger partial charge in [0.2, 0.25) is 6.39 Å². The van der Waals surface area contributed by atoms with Crippen molar-refractivity contribution in [2.75, 3.05) is 0 Å². The Morgan fingerprint density at radius 2 is 2.64 bits per heavy atom. The van der Waals surface area contributed by atoms with Gasteiger partial charge in [-0.25, -0.2) is 0 Å². The quantitative estimate of drug-likeness (QED) is 0.259. The van der Waals surface area contributed by atoms with Crippen molar-refractivity contribution in [3.8, 4) is 0 Å². The average Bonchev–Trinajstić information content (AvgIpc) is 2.71. The number of nitrogens with one attached hydrogen (secondary N) is 1. The standard InChI is InChI=1S/C7H13N5O2/c1-2-5(7(8)11-13)9-3-6-10-4-14-12-6/h4-5,9,13H,2-3H2,1H3,(H2,8,11). The molecule has 0 saturated carbocycles. The third-order valence-electron chi connectivity index (χ3n) is 1.79. The maximum absolute atomic E-state index is 8.47. The largest absolute Gasteiger partial charge is 0.409 e. The summed E-state index contributed by atoms with van der Waals surface area (Å²) in [6.45, 7) is 2.34. The van der Waals surface area contributed by atoms with Gasteiger partial charge in [-0.15, -0.1) is 0 Å². The molecule has 1 aromatic rings. The molecule has 0 radical (unpaired) electrons. The molecule has 4 N–H and O–H groups in total. The summed E-state index contributed by atoms with van der Waals surface area (Å²) in [7, 11) is 0. The van der Waals surface area contributed by atoms with Gasteiger partial charge in [-0.3, -0.25) is 0 Å². The van der Waals surface area contributed by atoms with Gasteiger partial charge in [0, 0.05) is 0 Å². The maximum atomic E-state index is 8.47. The minimum atomic E-state index is -0.182. The molecule has 1 heterocycles. The molecule has 14 heavy (non-hydrogen) atoms. The van der Waals surface area contributed by atoms with E-state index in [1.807, 2.05) is 6.92 Å². The van der Waals surface area contributed by atoms with E-state index < -0.39 is 0 Å². The predicted molar refractivity (Wildman–Crippen MR) is 48.6 cm³/mol. The van der Waals surface area contributed by atoms with Crippen LogP contribution in [0.5, 0.6) is 0 Å². The van der Waals surface area contributed by atoms with E-state index in [0.717, 1.165) is 0 Å². The Balaban J connectivity index is 2.42. The molecule has 0 fully saturated rings. The highest BCUT2D eigenvalue weighted by atomic mass is 16.5. The second-order valence-electron chi connectivity index (χ2n) is 2.71. The number of oxime groups is 1. The summed E-state index contributed by atoms with van der Waals surface area (Å²) in [6.07, 6.45) is 1.97. The fraction of sp³-hybridized carbons (Fsp3) is 0.571. The van der Waals surface area contributed by atoms with Crippen molar-refractivity contribution in [3.63, 3.8) is 0 Å². The van der Waals surface area contributed by atoms with Crippen molar-refractivity contribution in [1.82, 2.24) is 15.5 Å². The van der Waals surface area contributed by atoms with E-state index in [9.17, 15) is 0 Å². The van der Waals surface area contributed by atoms with Crippen LogP contribution in [-0.2, 0) is 6.54 Å². The number of hydrogen-bond donors (Lipinski definition) is 3. The molecule has 0 amide bonds. The molecule has 0 spiro atoms. The highest BCUT2D eigenvalue weighted by Crippen LogP contribution is 1.94. The Hall–Kier alpha value is -1.63. The van der Waals surface area contributed by atoms with E-state index in [-0.39, 0.29) is 11.9 Å². The highest BCUT2D eigenvalue weighted by Gasteiger charge is 2.11. The van der Waals surface area contributed by atoms with Crippen LogP contribution in [0.3, 0.4) is 0 Å². The third kappa shape index (κ3) is 2.70. The van der Waals surface area contributed by atoms with Gasteiger partial charge >= 0.3 is 0 Å². The molecule has 7 nitrogen and oxygen atoms in total. The lowest BCUT2D eigenvalue weighted by atomic mass is 10.2. The van der Waals surface area contributed by atoms with Crippen molar-refractivity contribution in [2.45, 2.75) is 25.9 Å². The van der Waals surface area contributed by atoms with Gasteiger partial charge < -0.3 is 20.8 Å². The molecule has 0 aliphatic carbocycles. The Morgan fingerprint density at radius 3 is 3.14 bits per heavy atom. The number of amidine groups is 1. The molecular formula is C7H13N5O2. The van der Waals surface area contributed by atoms with E-state index in [1.54, 1.807) is 0 Å². The van der Waals surface area contributed by atoms with E-state index in [4.69, 9.17) is 10.9 Å². The first-order valence-electron chi connectivity index (χ1n) is 4.24. The Bertz CT molecular complexity index is 284. The van der Waals surface area contributed by atoms with E-state index in [2.05, 4.69) is 25.1 Å². The Morgan fingerprint density at radius 1 is 1.86 bits per heavy atom. The molecule has 0 aliphatic heterocycles. The average molecular weight is 199 g/mol. The normalized spacial score (nSPS) is 14.2. The van der Waals surface area contributed by atoms with Crippen molar-refractivity contribution in [1.29, 1.82) is 0 Å². The smallest absolute Gasteiger partial charge is 0.213 e. The van der Waals surface area contributed by atoms with Crippen molar-refractivity contribution in [3.05, 3.63) is 12.2 Å². The summed E-state index contributed by atoms with van der Waals surface area (Å²) in [5, 5.41) is 18.0. The van der Waals surface area contributed by atoms with E-state index in [1.165, 1.54) is 6.39 Å². The molecule has 1 unspecified atom stereocenters. The fourth-order valence-corrected chi connectivity index (χ4v) is 1.01.